The number of nitrogens with one attached hydrogen (secondary N) is 1. The van der Waals surface area contributed by atoms with E-state index in [0.717, 1.165) is 18.6 Å². The van der Waals surface area contributed by atoms with Gasteiger partial charge in [-0.3, -0.25) is 4.79 Å². The highest BCUT2D eigenvalue weighted by Gasteiger charge is 2.38. The van der Waals surface area contributed by atoms with Crippen molar-refractivity contribution >= 4 is 5.91 Å². The van der Waals surface area contributed by atoms with Crippen LogP contribution in [0.2, 0.25) is 0 Å². The Kier molecular flexibility index (Phi) is 4.43. The van der Waals surface area contributed by atoms with Crippen molar-refractivity contribution in [2.45, 2.75) is 44.3 Å². The Labute approximate surface area is 113 Å². The summed E-state index contributed by atoms with van der Waals surface area (Å²) in [6.07, 6.45) is 2.83. The second-order valence-electron chi connectivity index (χ2n) is 5.19. The molecule has 4 nitrogen and oxygen atoms in total. The van der Waals surface area contributed by atoms with Crippen LogP contribution in [-0.2, 0) is 4.79 Å². The van der Waals surface area contributed by atoms with Gasteiger partial charge in [0.15, 0.2) is 0 Å². The Balaban J connectivity index is 1.77. The Bertz CT molecular complexity index is 413. The highest BCUT2D eigenvalue weighted by molar-refractivity contribution is 5.85. The molecule has 1 fully saturated rings. The largest absolute Gasteiger partial charge is 0.489 e. The van der Waals surface area contributed by atoms with Gasteiger partial charge in [0.25, 0.3) is 5.91 Å². The van der Waals surface area contributed by atoms with Gasteiger partial charge >= 0.3 is 0 Å². The van der Waals surface area contributed by atoms with Crippen molar-refractivity contribution < 1.29 is 14.6 Å². The molecule has 2 N–H and O–H groups in total. The molecular weight excluding hydrogens is 242 g/mol. The van der Waals surface area contributed by atoms with Gasteiger partial charge in [-0.1, -0.05) is 18.2 Å². The second kappa shape index (κ2) is 6.06. The van der Waals surface area contributed by atoms with Crippen molar-refractivity contribution in [1.29, 1.82) is 0 Å². The Morgan fingerprint density at radius 3 is 2.63 bits per heavy atom. The summed E-state index contributed by atoms with van der Waals surface area (Å²) in [5.74, 6) is 0.511. The fourth-order valence-corrected chi connectivity index (χ4v) is 2.36. The predicted molar refractivity (Wildman–Crippen MR) is 73.0 cm³/mol. The zero-order valence-corrected chi connectivity index (χ0v) is 11.3. The molecule has 1 aliphatic rings. The molecule has 0 aromatic heterocycles. The van der Waals surface area contributed by atoms with Crippen LogP contribution in [-0.4, -0.2) is 29.3 Å². The fraction of sp³-hybridized carbons (Fsp3) is 0.533. The molecule has 1 unspecified atom stereocenters. The maximum atomic E-state index is 11.9. The molecule has 1 aliphatic carbocycles. The molecule has 19 heavy (non-hydrogen) atoms. The van der Waals surface area contributed by atoms with Crippen LogP contribution in [0.3, 0.4) is 0 Å². The quantitative estimate of drug-likeness (QED) is 0.852. The summed E-state index contributed by atoms with van der Waals surface area (Å²) in [6, 6.07) is 9.49. The minimum Gasteiger partial charge on any atom is -0.489 e. The summed E-state index contributed by atoms with van der Waals surface area (Å²) in [7, 11) is 0. The van der Waals surface area contributed by atoms with Gasteiger partial charge in [-0.15, -0.1) is 0 Å². The van der Waals surface area contributed by atoms with Crippen LogP contribution in [0.15, 0.2) is 30.3 Å². The predicted octanol–water partition coefficient (Wildman–Crippen LogP) is 1.88. The van der Waals surface area contributed by atoms with E-state index in [0.29, 0.717) is 19.4 Å². The molecule has 0 spiro atoms. The normalized spacial score (nSPS) is 18.8. The first kappa shape index (κ1) is 13.9. The third-order valence-electron chi connectivity index (χ3n) is 3.48. The van der Waals surface area contributed by atoms with Crippen LogP contribution >= 0.6 is 0 Å². The van der Waals surface area contributed by atoms with Gasteiger partial charge in [0.05, 0.1) is 6.54 Å². The Morgan fingerprint density at radius 2 is 2.00 bits per heavy atom. The number of rotatable bonds is 5. The number of benzene rings is 1. The second-order valence-corrected chi connectivity index (χ2v) is 5.19. The summed E-state index contributed by atoms with van der Waals surface area (Å²) < 4.78 is 5.66. The molecule has 4 heteroatoms. The van der Waals surface area contributed by atoms with Crippen LogP contribution < -0.4 is 10.1 Å². The summed E-state index contributed by atoms with van der Waals surface area (Å²) in [5.41, 5.74) is -1.16. The topological polar surface area (TPSA) is 58.6 Å². The van der Waals surface area contributed by atoms with Crippen molar-refractivity contribution in [3.8, 4) is 5.75 Å². The SMILES string of the molecule is CC(CNC(=O)C1(O)CCCC1)Oc1ccccc1. The number of amides is 1. The molecule has 1 atom stereocenters. The lowest BCUT2D eigenvalue weighted by atomic mass is 10.0. The first-order valence-corrected chi connectivity index (χ1v) is 6.82. The third kappa shape index (κ3) is 3.70. The average molecular weight is 263 g/mol. The van der Waals surface area contributed by atoms with Gasteiger partial charge in [0, 0.05) is 0 Å². The number of aliphatic hydroxyl groups is 1. The molecule has 0 radical (unpaired) electrons. The zero-order chi connectivity index (χ0) is 13.7. The lowest BCUT2D eigenvalue weighted by Crippen LogP contribution is -2.47. The standard InChI is InChI=1S/C15H21NO3/c1-12(19-13-7-3-2-4-8-13)11-16-14(17)15(18)9-5-6-10-15/h2-4,7-8,12,18H,5-6,9-11H2,1H3,(H,16,17). The average Bonchev–Trinajstić information content (AvgIpc) is 2.85. The van der Waals surface area contributed by atoms with E-state index in [-0.39, 0.29) is 12.0 Å². The fourth-order valence-electron chi connectivity index (χ4n) is 2.36. The maximum absolute atomic E-state index is 11.9. The van der Waals surface area contributed by atoms with E-state index in [4.69, 9.17) is 4.74 Å². The first-order valence-electron chi connectivity index (χ1n) is 6.82. The third-order valence-corrected chi connectivity index (χ3v) is 3.48. The van der Waals surface area contributed by atoms with E-state index in [2.05, 4.69) is 5.32 Å². The lowest BCUT2D eigenvalue weighted by molar-refractivity contribution is -0.139. The molecule has 1 saturated carbocycles. The van der Waals surface area contributed by atoms with Gasteiger partial charge < -0.3 is 15.2 Å². The van der Waals surface area contributed by atoms with Crippen LogP contribution in [0.4, 0.5) is 0 Å². The van der Waals surface area contributed by atoms with Crippen molar-refractivity contribution in [2.75, 3.05) is 6.54 Å². The van der Waals surface area contributed by atoms with E-state index in [1.165, 1.54) is 0 Å². The first-order chi connectivity index (χ1) is 9.10. The molecule has 2 rings (SSSR count). The minimum absolute atomic E-state index is 0.128. The highest BCUT2D eigenvalue weighted by atomic mass is 16.5. The van der Waals surface area contributed by atoms with Gasteiger partial charge in [-0.2, -0.15) is 0 Å². The van der Waals surface area contributed by atoms with Crippen LogP contribution in [0.1, 0.15) is 32.6 Å². The highest BCUT2D eigenvalue weighted by Crippen LogP contribution is 2.29. The van der Waals surface area contributed by atoms with Gasteiger partial charge in [-0.05, 0) is 44.7 Å². The smallest absolute Gasteiger partial charge is 0.252 e. The summed E-state index contributed by atoms with van der Waals surface area (Å²) in [5, 5.41) is 12.9. The number of hydrogen-bond acceptors (Lipinski definition) is 3. The maximum Gasteiger partial charge on any atom is 0.252 e. The van der Waals surface area contributed by atoms with E-state index < -0.39 is 5.60 Å². The van der Waals surface area contributed by atoms with E-state index >= 15 is 0 Å². The molecular formula is C15H21NO3. The summed E-state index contributed by atoms with van der Waals surface area (Å²) in [4.78, 5) is 11.9. The Hall–Kier alpha value is -1.55. The van der Waals surface area contributed by atoms with E-state index in [1.807, 2.05) is 37.3 Å². The number of carbonyl (C=O) groups is 1. The Morgan fingerprint density at radius 1 is 1.37 bits per heavy atom. The monoisotopic (exact) mass is 263 g/mol. The summed E-state index contributed by atoms with van der Waals surface area (Å²) >= 11 is 0. The van der Waals surface area contributed by atoms with Crippen molar-refractivity contribution in [3.63, 3.8) is 0 Å². The number of para-hydroxylation sites is 1. The number of hydrogen-bond donors (Lipinski definition) is 2. The lowest BCUT2D eigenvalue weighted by Gasteiger charge is -2.22. The molecule has 0 bridgehead atoms. The molecule has 104 valence electrons. The van der Waals surface area contributed by atoms with Gasteiger partial charge in [-0.25, -0.2) is 0 Å². The molecule has 0 aliphatic heterocycles. The molecule has 0 saturated heterocycles. The van der Waals surface area contributed by atoms with Crippen LogP contribution in [0, 0.1) is 0 Å². The van der Waals surface area contributed by atoms with Crippen LogP contribution in [0.5, 0.6) is 5.75 Å². The van der Waals surface area contributed by atoms with Gasteiger partial charge in [0.1, 0.15) is 17.5 Å². The molecule has 1 amide bonds. The summed E-state index contributed by atoms with van der Waals surface area (Å²) in [6.45, 7) is 2.29. The number of ether oxygens (including phenoxy) is 1. The molecule has 1 aromatic rings. The zero-order valence-electron chi connectivity index (χ0n) is 11.3. The molecule has 1 aromatic carbocycles. The van der Waals surface area contributed by atoms with E-state index in [1.54, 1.807) is 0 Å². The molecule has 0 heterocycles. The van der Waals surface area contributed by atoms with Crippen molar-refractivity contribution in [1.82, 2.24) is 5.32 Å². The van der Waals surface area contributed by atoms with Gasteiger partial charge in [0.2, 0.25) is 0 Å². The van der Waals surface area contributed by atoms with Crippen molar-refractivity contribution in [2.24, 2.45) is 0 Å². The van der Waals surface area contributed by atoms with E-state index in [9.17, 15) is 9.90 Å². The number of carbonyl (C=O) groups excluding carboxylic acids is 1. The minimum atomic E-state index is -1.16. The van der Waals surface area contributed by atoms with Crippen LogP contribution in [0.25, 0.3) is 0 Å². The van der Waals surface area contributed by atoms with Crippen molar-refractivity contribution in [3.05, 3.63) is 30.3 Å².